The molecular weight excluding hydrogens is 372 g/mol. The van der Waals surface area contributed by atoms with Crippen LogP contribution < -0.4 is 5.32 Å². The van der Waals surface area contributed by atoms with Gasteiger partial charge in [-0.15, -0.1) is 0 Å². The van der Waals surface area contributed by atoms with Crippen LogP contribution in [-0.2, 0) is 10.0 Å². The van der Waals surface area contributed by atoms with Crippen LogP contribution in [0.1, 0.15) is 49.2 Å². The molecule has 6 heteroatoms. The average Bonchev–Trinajstić information content (AvgIpc) is 2.68. The molecule has 0 saturated carbocycles. The normalized spacial score (nSPS) is 21.8. The molecule has 0 radical (unpaired) electrons. The van der Waals surface area contributed by atoms with Crippen LogP contribution in [0.15, 0.2) is 59.5 Å². The molecule has 0 aliphatic carbocycles. The largest absolute Gasteiger partial charge is 0.346 e. The van der Waals surface area contributed by atoms with Crippen molar-refractivity contribution >= 4 is 15.9 Å². The van der Waals surface area contributed by atoms with Gasteiger partial charge < -0.3 is 5.32 Å². The second kappa shape index (κ2) is 8.45. The summed E-state index contributed by atoms with van der Waals surface area (Å²) in [6.07, 6.45) is 1.03. The maximum Gasteiger partial charge on any atom is 0.251 e. The monoisotopic (exact) mass is 400 g/mol. The van der Waals surface area contributed by atoms with E-state index in [-0.39, 0.29) is 16.8 Å². The van der Waals surface area contributed by atoms with Crippen molar-refractivity contribution in [2.75, 3.05) is 13.1 Å². The van der Waals surface area contributed by atoms with Crippen LogP contribution in [0.25, 0.3) is 0 Å². The van der Waals surface area contributed by atoms with Crippen LogP contribution in [0.3, 0.4) is 0 Å². The van der Waals surface area contributed by atoms with Crippen molar-refractivity contribution in [3.05, 3.63) is 65.7 Å². The molecule has 1 fully saturated rings. The number of rotatable bonds is 5. The van der Waals surface area contributed by atoms with Gasteiger partial charge in [0.15, 0.2) is 0 Å². The third-order valence-electron chi connectivity index (χ3n) is 5.22. The topological polar surface area (TPSA) is 66.5 Å². The molecule has 150 valence electrons. The third kappa shape index (κ3) is 4.62. The fraction of sp³-hybridized carbons (Fsp3) is 0.409. The molecule has 3 rings (SSSR count). The highest BCUT2D eigenvalue weighted by Crippen LogP contribution is 2.27. The van der Waals surface area contributed by atoms with Crippen LogP contribution in [0.2, 0.25) is 0 Å². The van der Waals surface area contributed by atoms with Gasteiger partial charge in [-0.05, 0) is 48.9 Å². The van der Waals surface area contributed by atoms with Crippen molar-refractivity contribution in [3.8, 4) is 0 Å². The summed E-state index contributed by atoms with van der Waals surface area (Å²) in [5, 5.41) is 2.94. The summed E-state index contributed by atoms with van der Waals surface area (Å²) in [5.41, 5.74) is 1.35. The smallest absolute Gasteiger partial charge is 0.251 e. The first-order valence-electron chi connectivity index (χ1n) is 9.73. The van der Waals surface area contributed by atoms with E-state index in [9.17, 15) is 13.2 Å². The van der Waals surface area contributed by atoms with Crippen LogP contribution in [0.5, 0.6) is 0 Å². The fourth-order valence-corrected chi connectivity index (χ4v) is 5.58. The van der Waals surface area contributed by atoms with Gasteiger partial charge in [0, 0.05) is 18.7 Å². The standard InChI is InChI=1S/C22H28N2O3S/c1-16-12-17(2)15-24(14-16)28(26,27)21-11-7-10-20(13-21)22(25)23-18(3)19-8-5-4-6-9-19/h4-11,13,16-18H,12,14-15H2,1-3H3,(H,23,25)/t16-,17+,18-/m1/s1. The maximum atomic E-state index is 13.1. The van der Waals surface area contributed by atoms with Crippen LogP contribution in [-0.4, -0.2) is 31.7 Å². The lowest BCUT2D eigenvalue weighted by atomic mass is 9.94. The number of amides is 1. The highest BCUT2D eigenvalue weighted by Gasteiger charge is 2.32. The lowest BCUT2D eigenvalue weighted by Crippen LogP contribution is -2.42. The van der Waals surface area contributed by atoms with Crippen molar-refractivity contribution in [1.82, 2.24) is 9.62 Å². The Balaban J connectivity index is 1.78. The summed E-state index contributed by atoms with van der Waals surface area (Å²) in [7, 11) is -3.61. The predicted octanol–water partition coefficient (Wildman–Crippen LogP) is 3.84. The molecule has 0 unspecified atom stereocenters. The van der Waals surface area contributed by atoms with E-state index in [0.29, 0.717) is 30.5 Å². The van der Waals surface area contributed by atoms with E-state index < -0.39 is 10.0 Å². The SMILES string of the molecule is C[C@@H]1C[C@H](C)CN(S(=O)(=O)c2cccc(C(=O)N[C@H](C)c3ccccc3)c2)C1. The predicted molar refractivity (Wildman–Crippen MR) is 110 cm³/mol. The van der Waals surface area contributed by atoms with Gasteiger partial charge in [-0.25, -0.2) is 8.42 Å². The van der Waals surface area contributed by atoms with E-state index in [1.165, 1.54) is 6.07 Å². The van der Waals surface area contributed by atoms with Gasteiger partial charge >= 0.3 is 0 Å². The van der Waals surface area contributed by atoms with Gasteiger partial charge in [-0.2, -0.15) is 4.31 Å². The summed E-state index contributed by atoms with van der Waals surface area (Å²) in [5.74, 6) is 0.377. The van der Waals surface area contributed by atoms with Crippen molar-refractivity contribution in [3.63, 3.8) is 0 Å². The Hall–Kier alpha value is -2.18. The molecule has 1 aliphatic heterocycles. The number of hydrogen-bond acceptors (Lipinski definition) is 3. The highest BCUT2D eigenvalue weighted by atomic mass is 32.2. The molecule has 3 atom stereocenters. The molecule has 1 heterocycles. The number of nitrogens with one attached hydrogen (secondary N) is 1. The zero-order valence-corrected chi connectivity index (χ0v) is 17.4. The van der Waals surface area contributed by atoms with Crippen molar-refractivity contribution in [1.29, 1.82) is 0 Å². The second-order valence-electron chi connectivity index (χ2n) is 7.90. The van der Waals surface area contributed by atoms with Gasteiger partial charge in [-0.3, -0.25) is 4.79 Å². The average molecular weight is 401 g/mol. The third-order valence-corrected chi connectivity index (χ3v) is 7.04. The first-order valence-corrected chi connectivity index (χ1v) is 11.2. The molecule has 28 heavy (non-hydrogen) atoms. The van der Waals surface area contributed by atoms with E-state index in [2.05, 4.69) is 19.2 Å². The molecule has 1 aliphatic rings. The zero-order chi connectivity index (χ0) is 20.3. The number of carbonyl (C=O) groups is 1. The van der Waals surface area contributed by atoms with Gasteiger partial charge in [0.1, 0.15) is 0 Å². The lowest BCUT2D eigenvalue weighted by Gasteiger charge is -2.34. The molecule has 0 bridgehead atoms. The minimum atomic E-state index is -3.61. The summed E-state index contributed by atoms with van der Waals surface area (Å²) in [6, 6.07) is 15.8. The Labute approximate surface area is 167 Å². The van der Waals surface area contributed by atoms with Crippen molar-refractivity contribution < 1.29 is 13.2 Å². The molecule has 5 nitrogen and oxygen atoms in total. The Kier molecular flexibility index (Phi) is 6.20. The summed E-state index contributed by atoms with van der Waals surface area (Å²) >= 11 is 0. The Morgan fingerprint density at radius 1 is 1.04 bits per heavy atom. The first-order chi connectivity index (χ1) is 13.3. The van der Waals surface area contributed by atoms with E-state index in [4.69, 9.17) is 0 Å². The van der Waals surface area contributed by atoms with Gasteiger partial charge in [0.25, 0.3) is 5.91 Å². The Morgan fingerprint density at radius 3 is 2.32 bits per heavy atom. The lowest BCUT2D eigenvalue weighted by molar-refractivity contribution is 0.0939. The van der Waals surface area contributed by atoms with Crippen LogP contribution in [0.4, 0.5) is 0 Å². The summed E-state index contributed by atoms with van der Waals surface area (Å²) < 4.78 is 27.7. The van der Waals surface area contributed by atoms with E-state index in [1.54, 1.807) is 22.5 Å². The minimum Gasteiger partial charge on any atom is -0.346 e. The Bertz CT molecular complexity index is 918. The van der Waals surface area contributed by atoms with E-state index in [0.717, 1.165) is 12.0 Å². The molecular formula is C22H28N2O3S. The molecule has 1 N–H and O–H groups in total. The number of benzene rings is 2. The van der Waals surface area contributed by atoms with Gasteiger partial charge in [0.2, 0.25) is 10.0 Å². The zero-order valence-electron chi connectivity index (χ0n) is 16.6. The van der Waals surface area contributed by atoms with E-state index >= 15 is 0 Å². The summed E-state index contributed by atoms with van der Waals surface area (Å²) in [6.45, 7) is 7.10. The summed E-state index contributed by atoms with van der Waals surface area (Å²) in [4.78, 5) is 12.8. The highest BCUT2D eigenvalue weighted by molar-refractivity contribution is 7.89. The Morgan fingerprint density at radius 2 is 1.68 bits per heavy atom. The molecule has 2 aromatic carbocycles. The first kappa shape index (κ1) is 20.6. The quantitative estimate of drug-likeness (QED) is 0.829. The number of piperidine rings is 1. The number of sulfonamides is 1. The molecule has 0 aromatic heterocycles. The minimum absolute atomic E-state index is 0.169. The van der Waals surface area contributed by atoms with Gasteiger partial charge in [0.05, 0.1) is 10.9 Å². The van der Waals surface area contributed by atoms with Crippen LogP contribution in [0, 0.1) is 11.8 Å². The van der Waals surface area contributed by atoms with E-state index in [1.807, 2.05) is 37.3 Å². The number of hydrogen-bond donors (Lipinski definition) is 1. The molecule has 1 amide bonds. The number of carbonyl (C=O) groups excluding carboxylic acids is 1. The molecule has 2 aromatic rings. The second-order valence-corrected chi connectivity index (χ2v) is 9.84. The van der Waals surface area contributed by atoms with Crippen molar-refractivity contribution in [2.45, 2.75) is 38.1 Å². The van der Waals surface area contributed by atoms with Crippen molar-refractivity contribution in [2.24, 2.45) is 11.8 Å². The molecule has 1 saturated heterocycles. The van der Waals surface area contributed by atoms with Crippen LogP contribution >= 0.6 is 0 Å². The fourth-order valence-electron chi connectivity index (χ4n) is 3.85. The maximum absolute atomic E-state index is 13.1. The van der Waals surface area contributed by atoms with Gasteiger partial charge in [-0.1, -0.05) is 50.2 Å². The number of nitrogens with zero attached hydrogens (tertiary/aromatic N) is 1. The molecule has 0 spiro atoms.